The van der Waals surface area contributed by atoms with Gasteiger partial charge < -0.3 is 11.1 Å². The summed E-state index contributed by atoms with van der Waals surface area (Å²) in [7, 11) is 0. The smallest absolute Gasteiger partial charge is 0.220 e. The number of hydrogen-bond acceptors (Lipinski definition) is 6. The third-order valence-electron chi connectivity index (χ3n) is 2.60. The average molecular weight is 305 g/mol. The van der Waals surface area contributed by atoms with Gasteiger partial charge in [0.2, 0.25) is 5.95 Å². The maximum Gasteiger partial charge on any atom is 0.220 e. The molecule has 0 fully saturated rings. The molecule has 2 aromatic heterocycles. The summed E-state index contributed by atoms with van der Waals surface area (Å²) in [6.07, 6.45) is 2.51. The molecule has 3 rings (SSSR count). The number of nitrogen functional groups attached to an aromatic ring is 1. The van der Waals surface area contributed by atoms with Crippen molar-refractivity contribution in [2.24, 2.45) is 0 Å². The highest BCUT2D eigenvalue weighted by molar-refractivity contribution is 7.18. The second kappa shape index (κ2) is 5.41. The molecule has 0 atom stereocenters. The van der Waals surface area contributed by atoms with E-state index in [1.165, 1.54) is 29.7 Å². The summed E-state index contributed by atoms with van der Waals surface area (Å²) >= 11 is 1.21. The summed E-state index contributed by atoms with van der Waals surface area (Å²) in [6, 6.07) is 5.84. The Bertz CT molecular complexity index is 772. The Labute approximate surface area is 122 Å². The summed E-state index contributed by atoms with van der Waals surface area (Å²) < 4.78 is 26.5. The first-order valence-electron chi connectivity index (χ1n) is 5.88. The van der Waals surface area contributed by atoms with E-state index in [1.807, 2.05) is 0 Å². The van der Waals surface area contributed by atoms with Crippen molar-refractivity contribution >= 4 is 28.1 Å². The van der Waals surface area contributed by atoms with E-state index in [9.17, 15) is 8.78 Å². The zero-order valence-corrected chi connectivity index (χ0v) is 11.4. The summed E-state index contributed by atoms with van der Waals surface area (Å²) in [6.45, 7) is 0. The molecule has 3 N–H and O–H groups in total. The highest BCUT2D eigenvalue weighted by Crippen LogP contribution is 2.31. The molecule has 0 radical (unpaired) electrons. The molecular formula is C13H9F2N5S. The molecule has 0 amide bonds. The molecular weight excluding hydrogens is 296 g/mol. The van der Waals surface area contributed by atoms with Crippen LogP contribution in [-0.2, 0) is 0 Å². The first kappa shape index (κ1) is 13.4. The number of nitrogens with one attached hydrogen (secondary N) is 1. The first-order valence-corrected chi connectivity index (χ1v) is 6.70. The monoisotopic (exact) mass is 305 g/mol. The molecule has 0 aliphatic rings. The number of rotatable bonds is 3. The third-order valence-corrected chi connectivity index (χ3v) is 3.52. The summed E-state index contributed by atoms with van der Waals surface area (Å²) in [5.74, 6) is -0.895. The Kier molecular flexibility index (Phi) is 3.44. The van der Waals surface area contributed by atoms with Gasteiger partial charge in [0.15, 0.2) is 10.9 Å². The van der Waals surface area contributed by atoms with Crippen molar-refractivity contribution in [1.82, 2.24) is 15.0 Å². The van der Waals surface area contributed by atoms with Gasteiger partial charge in [0, 0.05) is 11.9 Å². The van der Waals surface area contributed by atoms with Gasteiger partial charge in [-0.25, -0.2) is 23.7 Å². The van der Waals surface area contributed by atoms with Crippen LogP contribution in [0.25, 0.3) is 10.6 Å². The number of thiazole rings is 1. The molecule has 0 spiro atoms. The lowest BCUT2D eigenvalue weighted by atomic mass is 10.3. The number of anilines is 3. The Morgan fingerprint density at radius 1 is 1.05 bits per heavy atom. The molecule has 0 unspecified atom stereocenters. The number of nitrogens with zero attached hydrogens (tertiary/aromatic N) is 3. The quantitative estimate of drug-likeness (QED) is 0.777. The van der Waals surface area contributed by atoms with Crippen LogP contribution in [0.3, 0.4) is 0 Å². The van der Waals surface area contributed by atoms with Gasteiger partial charge in [-0.05, 0) is 24.3 Å². The number of nitrogens with two attached hydrogens (primary N) is 1. The van der Waals surface area contributed by atoms with Crippen LogP contribution >= 0.6 is 11.3 Å². The van der Waals surface area contributed by atoms with E-state index in [1.54, 1.807) is 12.1 Å². The normalized spacial score (nSPS) is 10.6. The standard InChI is InChI=1S/C13H9F2N5S/c14-7-1-3-8(4-2-7)19-13-18-6-10(21-13)11-9(15)5-17-12(16)20-11/h1-6H,(H,18,19)(H2,16,17,20). The summed E-state index contributed by atoms with van der Waals surface area (Å²) in [5.41, 5.74) is 6.24. The van der Waals surface area contributed by atoms with Crippen LogP contribution in [0, 0.1) is 11.6 Å². The minimum atomic E-state index is -0.568. The van der Waals surface area contributed by atoms with Gasteiger partial charge in [0.05, 0.1) is 11.1 Å². The van der Waals surface area contributed by atoms with Crippen LogP contribution < -0.4 is 11.1 Å². The molecule has 106 valence electrons. The van der Waals surface area contributed by atoms with E-state index >= 15 is 0 Å². The Hall–Kier alpha value is -2.61. The van der Waals surface area contributed by atoms with Crippen molar-refractivity contribution in [2.75, 3.05) is 11.1 Å². The highest BCUT2D eigenvalue weighted by Gasteiger charge is 2.12. The fraction of sp³-hybridized carbons (Fsp3) is 0. The number of benzene rings is 1. The number of hydrogen-bond donors (Lipinski definition) is 2. The molecule has 0 aliphatic carbocycles. The van der Waals surface area contributed by atoms with Crippen molar-refractivity contribution in [2.45, 2.75) is 0 Å². The predicted molar refractivity (Wildman–Crippen MR) is 77.2 cm³/mol. The molecule has 1 aromatic carbocycles. The lowest BCUT2D eigenvalue weighted by molar-refractivity contribution is 0.619. The van der Waals surface area contributed by atoms with Gasteiger partial charge in [-0.15, -0.1) is 0 Å². The molecule has 8 heteroatoms. The van der Waals surface area contributed by atoms with Gasteiger partial charge >= 0.3 is 0 Å². The van der Waals surface area contributed by atoms with Crippen molar-refractivity contribution in [3.8, 4) is 10.6 Å². The molecule has 3 aromatic rings. The van der Waals surface area contributed by atoms with E-state index in [0.29, 0.717) is 15.7 Å². The fourth-order valence-electron chi connectivity index (χ4n) is 1.65. The van der Waals surface area contributed by atoms with Gasteiger partial charge in [-0.3, -0.25) is 0 Å². The lowest BCUT2D eigenvalue weighted by Gasteiger charge is -2.01. The maximum absolute atomic E-state index is 13.7. The largest absolute Gasteiger partial charge is 0.368 e. The van der Waals surface area contributed by atoms with Gasteiger partial charge in [0.1, 0.15) is 11.5 Å². The van der Waals surface area contributed by atoms with Crippen LogP contribution in [0.2, 0.25) is 0 Å². The van der Waals surface area contributed by atoms with E-state index in [0.717, 1.165) is 6.20 Å². The number of halogens is 2. The third kappa shape index (κ3) is 2.95. The Morgan fingerprint density at radius 2 is 1.81 bits per heavy atom. The van der Waals surface area contributed by atoms with E-state index in [-0.39, 0.29) is 17.5 Å². The Morgan fingerprint density at radius 3 is 2.57 bits per heavy atom. The van der Waals surface area contributed by atoms with Gasteiger partial charge in [-0.2, -0.15) is 0 Å². The van der Waals surface area contributed by atoms with Gasteiger partial charge in [0.25, 0.3) is 0 Å². The van der Waals surface area contributed by atoms with E-state index in [2.05, 4.69) is 20.3 Å². The molecule has 2 heterocycles. The zero-order chi connectivity index (χ0) is 14.8. The predicted octanol–water partition coefficient (Wildman–Crippen LogP) is 3.20. The van der Waals surface area contributed by atoms with Gasteiger partial charge in [-0.1, -0.05) is 11.3 Å². The van der Waals surface area contributed by atoms with E-state index in [4.69, 9.17) is 5.73 Å². The Balaban J connectivity index is 1.86. The maximum atomic E-state index is 13.7. The molecule has 0 saturated carbocycles. The van der Waals surface area contributed by atoms with Crippen LogP contribution in [0.1, 0.15) is 0 Å². The highest BCUT2D eigenvalue weighted by atomic mass is 32.1. The van der Waals surface area contributed by atoms with Crippen LogP contribution in [0.15, 0.2) is 36.7 Å². The van der Waals surface area contributed by atoms with Crippen molar-refractivity contribution in [3.05, 3.63) is 48.3 Å². The topological polar surface area (TPSA) is 76.7 Å². The number of aromatic nitrogens is 3. The first-order chi connectivity index (χ1) is 10.1. The molecule has 0 bridgehead atoms. The second-order valence-corrected chi connectivity index (χ2v) is 5.12. The zero-order valence-electron chi connectivity index (χ0n) is 10.5. The van der Waals surface area contributed by atoms with Crippen molar-refractivity contribution < 1.29 is 8.78 Å². The minimum absolute atomic E-state index is 0.00663. The van der Waals surface area contributed by atoms with Crippen LogP contribution in [0.4, 0.5) is 25.5 Å². The fourth-order valence-corrected chi connectivity index (χ4v) is 2.48. The minimum Gasteiger partial charge on any atom is -0.368 e. The van der Waals surface area contributed by atoms with Crippen molar-refractivity contribution in [3.63, 3.8) is 0 Å². The summed E-state index contributed by atoms with van der Waals surface area (Å²) in [4.78, 5) is 12.1. The summed E-state index contributed by atoms with van der Waals surface area (Å²) in [5, 5.41) is 3.53. The molecule has 0 saturated heterocycles. The molecule has 0 aliphatic heterocycles. The molecule has 5 nitrogen and oxygen atoms in total. The van der Waals surface area contributed by atoms with Crippen molar-refractivity contribution in [1.29, 1.82) is 0 Å². The average Bonchev–Trinajstić information content (AvgIpc) is 2.92. The second-order valence-electron chi connectivity index (χ2n) is 4.09. The van der Waals surface area contributed by atoms with Crippen LogP contribution in [0.5, 0.6) is 0 Å². The SMILES string of the molecule is Nc1ncc(F)c(-c2cnc(Nc3ccc(F)cc3)s2)n1. The lowest BCUT2D eigenvalue weighted by Crippen LogP contribution is -1.97. The van der Waals surface area contributed by atoms with Crippen LogP contribution in [-0.4, -0.2) is 15.0 Å². The van der Waals surface area contributed by atoms with E-state index < -0.39 is 5.82 Å². The molecule has 21 heavy (non-hydrogen) atoms.